The molecule has 0 bridgehead atoms. The first-order valence-corrected chi connectivity index (χ1v) is 10.2. The molecule has 5 heteroatoms. The molecule has 26 heavy (non-hydrogen) atoms. The molecule has 0 amide bonds. The van der Waals surface area contributed by atoms with Gasteiger partial charge in [-0.2, -0.15) is 5.26 Å². The Morgan fingerprint density at radius 2 is 1.42 bits per heavy atom. The van der Waals surface area contributed by atoms with E-state index in [1.54, 1.807) is 27.7 Å². The van der Waals surface area contributed by atoms with E-state index in [0.29, 0.717) is 0 Å². The summed E-state index contributed by atoms with van der Waals surface area (Å²) in [5.41, 5.74) is -1.43. The standard InChI is InChI=1S/C21H33NO4/c1-14(2)25-19(23)18(16-9-5-6-10-16)21(13-22,17-11-7-8-12-17)20(24)26-15(3)4/h14-18H,5-12H2,1-4H3. The van der Waals surface area contributed by atoms with E-state index in [1.165, 1.54) is 0 Å². The van der Waals surface area contributed by atoms with Crippen LogP contribution >= 0.6 is 0 Å². The molecule has 146 valence electrons. The molecule has 0 N–H and O–H groups in total. The number of nitrogens with zero attached hydrogens (tertiary/aromatic N) is 1. The van der Waals surface area contributed by atoms with Gasteiger partial charge in [0.25, 0.3) is 0 Å². The average molecular weight is 363 g/mol. The summed E-state index contributed by atoms with van der Waals surface area (Å²) in [4.78, 5) is 26.3. The zero-order chi connectivity index (χ0) is 19.3. The molecule has 2 aliphatic rings. The molecule has 0 spiro atoms. The number of rotatable bonds is 7. The first kappa shape index (κ1) is 20.7. The second kappa shape index (κ2) is 8.88. The summed E-state index contributed by atoms with van der Waals surface area (Å²) >= 11 is 0. The van der Waals surface area contributed by atoms with Gasteiger partial charge in [-0.3, -0.25) is 9.59 Å². The Hall–Kier alpha value is -1.57. The lowest BCUT2D eigenvalue weighted by atomic mass is 9.62. The molecule has 2 rings (SSSR count). The lowest BCUT2D eigenvalue weighted by Crippen LogP contribution is -2.51. The molecule has 0 aromatic heterocycles. The fraction of sp³-hybridized carbons (Fsp3) is 0.857. The minimum absolute atomic E-state index is 0.0150. The van der Waals surface area contributed by atoms with Gasteiger partial charge in [0, 0.05) is 0 Å². The van der Waals surface area contributed by atoms with Crippen molar-refractivity contribution < 1.29 is 19.1 Å². The van der Waals surface area contributed by atoms with Crippen molar-refractivity contribution in [3.05, 3.63) is 0 Å². The van der Waals surface area contributed by atoms with Crippen LogP contribution < -0.4 is 0 Å². The first-order valence-electron chi connectivity index (χ1n) is 10.2. The number of ether oxygens (including phenoxy) is 2. The smallest absolute Gasteiger partial charge is 0.327 e. The Balaban J connectivity index is 2.50. The monoisotopic (exact) mass is 363 g/mol. The van der Waals surface area contributed by atoms with Gasteiger partial charge in [0.1, 0.15) is 0 Å². The van der Waals surface area contributed by atoms with Crippen LogP contribution in [0.15, 0.2) is 0 Å². The van der Waals surface area contributed by atoms with Gasteiger partial charge in [-0.15, -0.1) is 0 Å². The summed E-state index contributed by atoms with van der Waals surface area (Å²) in [5.74, 6) is -1.78. The number of hydrogen-bond acceptors (Lipinski definition) is 5. The SMILES string of the molecule is CC(C)OC(=O)C(C1CCCC1)C(C#N)(C(=O)OC(C)C)C1CCCC1. The molecule has 0 aliphatic heterocycles. The number of carbonyl (C=O) groups excluding carboxylic acids is 2. The molecule has 5 nitrogen and oxygen atoms in total. The predicted molar refractivity (Wildman–Crippen MR) is 97.9 cm³/mol. The molecule has 2 fully saturated rings. The van der Waals surface area contributed by atoms with E-state index < -0.39 is 23.3 Å². The van der Waals surface area contributed by atoms with E-state index in [1.807, 2.05) is 0 Å². The zero-order valence-electron chi connectivity index (χ0n) is 16.6. The van der Waals surface area contributed by atoms with Crippen molar-refractivity contribution in [3.63, 3.8) is 0 Å². The maximum atomic E-state index is 13.2. The molecule has 0 aromatic carbocycles. The number of hydrogen-bond donors (Lipinski definition) is 0. The highest BCUT2D eigenvalue weighted by atomic mass is 16.6. The summed E-state index contributed by atoms with van der Waals surface area (Å²) in [7, 11) is 0. The Kier molecular flexibility index (Phi) is 7.08. The summed E-state index contributed by atoms with van der Waals surface area (Å²) in [5, 5.41) is 10.3. The van der Waals surface area contributed by atoms with Crippen molar-refractivity contribution in [2.75, 3.05) is 0 Å². The van der Waals surface area contributed by atoms with Crippen molar-refractivity contribution in [2.45, 2.75) is 91.3 Å². The zero-order valence-corrected chi connectivity index (χ0v) is 16.6. The van der Waals surface area contributed by atoms with E-state index in [2.05, 4.69) is 6.07 Å². The van der Waals surface area contributed by atoms with E-state index in [0.717, 1.165) is 51.4 Å². The summed E-state index contributed by atoms with van der Waals surface area (Å²) in [6, 6.07) is 2.32. The van der Waals surface area contributed by atoms with E-state index >= 15 is 0 Å². The van der Waals surface area contributed by atoms with E-state index in [9.17, 15) is 14.9 Å². The number of carbonyl (C=O) groups is 2. The van der Waals surface area contributed by atoms with Crippen LogP contribution in [0.3, 0.4) is 0 Å². The Morgan fingerprint density at radius 3 is 1.88 bits per heavy atom. The lowest BCUT2D eigenvalue weighted by molar-refractivity contribution is -0.177. The Morgan fingerprint density at radius 1 is 0.923 bits per heavy atom. The molecule has 2 aliphatic carbocycles. The maximum Gasteiger partial charge on any atom is 0.327 e. The molecule has 2 unspecified atom stereocenters. The third kappa shape index (κ3) is 4.22. The van der Waals surface area contributed by atoms with Gasteiger partial charge in [0.05, 0.1) is 24.2 Å². The quantitative estimate of drug-likeness (QED) is 0.627. The molecule has 2 atom stereocenters. The van der Waals surface area contributed by atoms with Crippen molar-refractivity contribution in [1.29, 1.82) is 5.26 Å². The second-order valence-corrected chi connectivity index (χ2v) is 8.42. The van der Waals surface area contributed by atoms with E-state index in [4.69, 9.17) is 9.47 Å². The summed E-state index contributed by atoms with van der Waals surface area (Å²) in [6.07, 6.45) is 6.75. The minimum Gasteiger partial charge on any atom is -0.463 e. The molecular formula is C21H33NO4. The number of esters is 2. The molecule has 0 aromatic rings. The van der Waals surface area contributed by atoms with Gasteiger partial charge in [-0.25, -0.2) is 0 Å². The Bertz CT molecular complexity index is 539. The first-order chi connectivity index (χ1) is 12.3. The molecule has 0 saturated heterocycles. The van der Waals surface area contributed by atoms with Crippen LogP contribution in [0.25, 0.3) is 0 Å². The van der Waals surface area contributed by atoms with Crippen molar-refractivity contribution in [1.82, 2.24) is 0 Å². The third-order valence-electron chi connectivity index (χ3n) is 5.83. The molecular weight excluding hydrogens is 330 g/mol. The van der Waals surface area contributed by atoms with Crippen LogP contribution in [0.4, 0.5) is 0 Å². The lowest BCUT2D eigenvalue weighted by Gasteiger charge is -2.39. The highest BCUT2D eigenvalue weighted by Crippen LogP contribution is 2.51. The normalized spacial score (nSPS) is 22.2. The van der Waals surface area contributed by atoms with Gasteiger partial charge < -0.3 is 9.47 Å². The van der Waals surface area contributed by atoms with Crippen molar-refractivity contribution in [3.8, 4) is 6.07 Å². The number of nitriles is 1. The fourth-order valence-electron chi connectivity index (χ4n) is 4.79. The van der Waals surface area contributed by atoms with Crippen LogP contribution in [0.5, 0.6) is 0 Å². The topological polar surface area (TPSA) is 76.4 Å². The van der Waals surface area contributed by atoms with Gasteiger partial charge >= 0.3 is 11.9 Å². The van der Waals surface area contributed by atoms with Gasteiger partial charge in [0.2, 0.25) is 0 Å². The summed E-state index contributed by atoms with van der Waals surface area (Å²) < 4.78 is 11.1. The Labute approximate surface area is 157 Å². The maximum absolute atomic E-state index is 13.2. The van der Waals surface area contributed by atoms with Crippen LogP contribution in [0.2, 0.25) is 0 Å². The third-order valence-corrected chi connectivity index (χ3v) is 5.83. The summed E-state index contributed by atoms with van der Waals surface area (Å²) in [6.45, 7) is 7.18. The minimum atomic E-state index is -1.43. The van der Waals surface area contributed by atoms with Crippen LogP contribution in [0.1, 0.15) is 79.1 Å². The van der Waals surface area contributed by atoms with Crippen LogP contribution in [-0.4, -0.2) is 24.1 Å². The van der Waals surface area contributed by atoms with Gasteiger partial charge in [-0.05, 0) is 65.2 Å². The molecule has 2 saturated carbocycles. The van der Waals surface area contributed by atoms with Gasteiger partial charge in [-0.1, -0.05) is 25.7 Å². The second-order valence-electron chi connectivity index (χ2n) is 8.42. The highest BCUT2D eigenvalue weighted by molar-refractivity contribution is 5.88. The van der Waals surface area contributed by atoms with E-state index in [-0.39, 0.29) is 24.0 Å². The fourth-order valence-corrected chi connectivity index (χ4v) is 4.79. The van der Waals surface area contributed by atoms with Crippen LogP contribution in [0, 0.1) is 34.5 Å². The average Bonchev–Trinajstić information content (AvgIpc) is 3.24. The predicted octanol–water partition coefficient (Wildman–Crippen LogP) is 4.40. The molecule has 0 heterocycles. The van der Waals surface area contributed by atoms with Crippen LogP contribution in [-0.2, 0) is 19.1 Å². The molecule has 0 radical (unpaired) electrons. The van der Waals surface area contributed by atoms with Gasteiger partial charge in [0.15, 0.2) is 5.41 Å². The van der Waals surface area contributed by atoms with Crippen molar-refractivity contribution in [2.24, 2.45) is 23.2 Å². The van der Waals surface area contributed by atoms with Crippen molar-refractivity contribution >= 4 is 11.9 Å². The largest absolute Gasteiger partial charge is 0.463 e. The highest BCUT2D eigenvalue weighted by Gasteiger charge is 2.60.